The van der Waals surface area contributed by atoms with Crippen LogP contribution in [0.15, 0.2) is 36.4 Å². The molecule has 2 N–H and O–H groups in total. The number of unbranched alkanes of at least 4 members (excludes halogenated alkanes) is 1. The maximum absolute atomic E-state index is 12.7. The molecular formula is C25H27NO6S. The van der Waals surface area contributed by atoms with Gasteiger partial charge in [0.15, 0.2) is 5.78 Å². The Bertz CT molecular complexity index is 1080. The van der Waals surface area contributed by atoms with Crippen molar-refractivity contribution in [3.8, 4) is 17.2 Å². The first-order valence-corrected chi connectivity index (χ1v) is 12.0. The minimum absolute atomic E-state index is 0.0862. The van der Waals surface area contributed by atoms with Crippen molar-refractivity contribution in [3.63, 3.8) is 0 Å². The molecule has 0 radical (unpaired) electrons. The number of nitrogens with one attached hydrogen (secondary N) is 1. The largest absolute Gasteiger partial charge is 0.508 e. The van der Waals surface area contributed by atoms with Crippen LogP contribution in [0.4, 0.5) is 4.79 Å². The van der Waals surface area contributed by atoms with E-state index >= 15 is 0 Å². The van der Waals surface area contributed by atoms with Crippen molar-refractivity contribution in [1.29, 1.82) is 0 Å². The van der Waals surface area contributed by atoms with Crippen LogP contribution in [0.25, 0.3) is 0 Å². The number of phenols is 1. The van der Waals surface area contributed by atoms with E-state index < -0.39 is 10.9 Å². The van der Waals surface area contributed by atoms with Crippen molar-refractivity contribution in [2.24, 2.45) is 0 Å². The first-order chi connectivity index (χ1) is 15.8. The smallest absolute Gasteiger partial charge is 0.286 e. The minimum atomic E-state index is -0.833. The summed E-state index contributed by atoms with van der Waals surface area (Å²) in [6, 6.07) is 10.6. The predicted octanol–water partition coefficient (Wildman–Crippen LogP) is 4.43. The molecule has 33 heavy (non-hydrogen) atoms. The number of ether oxygens (including phenoxy) is 2. The van der Waals surface area contributed by atoms with Gasteiger partial charge in [0.2, 0.25) is 5.91 Å². The third-order valence-corrected chi connectivity index (χ3v) is 6.81. The van der Waals surface area contributed by atoms with Crippen molar-refractivity contribution < 1.29 is 29.0 Å². The Labute approximate surface area is 196 Å². The molecule has 4 rings (SSSR count). The van der Waals surface area contributed by atoms with E-state index in [1.54, 1.807) is 18.2 Å². The second-order valence-corrected chi connectivity index (χ2v) is 9.93. The highest BCUT2D eigenvalue weighted by molar-refractivity contribution is 8.15. The first kappa shape index (κ1) is 23.2. The van der Waals surface area contributed by atoms with Crippen LogP contribution in [-0.4, -0.2) is 39.5 Å². The van der Waals surface area contributed by atoms with E-state index in [0.717, 1.165) is 42.2 Å². The number of rotatable bonds is 8. The SMILES string of the molecule is CCCCc1cc2c(cc1O)C(=O)CC(C)(COc1ccc(CC3SC(=O)NC3=O)cc1)O2. The maximum atomic E-state index is 12.7. The van der Waals surface area contributed by atoms with Gasteiger partial charge in [-0.2, -0.15) is 0 Å². The van der Waals surface area contributed by atoms with Crippen LogP contribution < -0.4 is 14.8 Å². The number of fused-ring (bicyclic) bond motifs is 1. The molecule has 2 amide bonds. The number of phenolic OH excluding ortho intramolecular Hbond substituents is 1. The summed E-state index contributed by atoms with van der Waals surface area (Å²) in [6.07, 6.45) is 3.28. The van der Waals surface area contributed by atoms with Crippen LogP contribution in [0.3, 0.4) is 0 Å². The van der Waals surface area contributed by atoms with Crippen molar-refractivity contribution in [2.75, 3.05) is 6.61 Å². The Kier molecular flexibility index (Phi) is 6.65. The lowest BCUT2D eigenvalue weighted by molar-refractivity contribution is -0.118. The number of hydrogen-bond donors (Lipinski definition) is 2. The average Bonchev–Trinajstić information content (AvgIpc) is 3.09. The standard InChI is InChI=1S/C25H27NO6S/c1-3-4-5-16-11-21-18(12-19(16)27)20(28)13-25(2,32-21)14-31-17-8-6-15(7-9-17)10-22-23(29)26-24(30)33-22/h6-9,11-12,22,27H,3-5,10,13-14H2,1-2H3,(H,26,29,30). The van der Waals surface area contributed by atoms with E-state index in [-0.39, 0.29) is 35.7 Å². The van der Waals surface area contributed by atoms with Crippen molar-refractivity contribution in [1.82, 2.24) is 5.32 Å². The molecule has 0 spiro atoms. The Balaban J connectivity index is 1.40. The number of thioether (sulfide) groups is 1. The molecule has 2 aliphatic rings. The third-order valence-electron chi connectivity index (χ3n) is 5.83. The van der Waals surface area contributed by atoms with Gasteiger partial charge in [-0.1, -0.05) is 37.2 Å². The van der Waals surface area contributed by atoms with Gasteiger partial charge in [-0.3, -0.25) is 19.7 Å². The van der Waals surface area contributed by atoms with Gasteiger partial charge in [-0.05, 0) is 61.6 Å². The number of ketones is 1. The Morgan fingerprint density at radius 1 is 1.21 bits per heavy atom. The Morgan fingerprint density at radius 2 is 1.97 bits per heavy atom. The lowest BCUT2D eigenvalue weighted by Gasteiger charge is -2.35. The number of carbonyl (C=O) groups is 3. The van der Waals surface area contributed by atoms with Gasteiger partial charge < -0.3 is 14.6 Å². The highest BCUT2D eigenvalue weighted by Gasteiger charge is 2.38. The number of aryl methyl sites for hydroxylation is 1. The summed E-state index contributed by atoms with van der Waals surface area (Å²) >= 11 is 1.01. The van der Waals surface area contributed by atoms with E-state index in [1.807, 2.05) is 19.1 Å². The monoisotopic (exact) mass is 469 g/mol. The summed E-state index contributed by atoms with van der Waals surface area (Å²) in [4.78, 5) is 35.8. The summed E-state index contributed by atoms with van der Waals surface area (Å²) in [5.41, 5.74) is 1.27. The quantitative estimate of drug-likeness (QED) is 0.590. The molecule has 2 unspecified atom stereocenters. The molecule has 1 saturated heterocycles. The number of imide groups is 1. The molecule has 2 aromatic carbocycles. The van der Waals surface area contributed by atoms with Gasteiger partial charge in [0.1, 0.15) is 29.5 Å². The van der Waals surface area contributed by atoms with E-state index in [0.29, 0.717) is 23.5 Å². The maximum Gasteiger partial charge on any atom is 0.286 e. The van der Waals surface area contributed by atoms with Crippen molar-refractivity contribution in [3.05, 3.63) is 53.1 Å². The molecule has 2 aromatic rings. The van der Waals surface area contributed by atoms with Crippen LogP contribution in [0, 0.1) is 0 Å². The number of carbonyl (C=O) groups excluding carboxylic acids is 3. The van der Waals surface area contributed by atoms with E-state index in [4.69, 9.17) is 9.47 Å². The zero-order valence-electron chi connectivity index (χ0n) is 18.7. The molecule has 0 aliphatic carbocycles. The Hall–Kier alpha value is -3.00. The van der Waals surface area contributed by atoms with Gasteiger partial charge in [-0.15, -0.1) is 0 Å². The van der Waals surface area contributed by atoms with E-state index in [9.17, 15) is 19.5 Å². The van der Waals surface area contributed by atoms with Gasteiger partial charge in [0.05, 0.1) is 17.2 Å². The lowest BCUT2D eigenvalue weighted by Crippen LogP contribution is -2.44. The molecule has 2 aliphatic heterocycles. The highest BCUT2D eigenvalue weighted by Crippen LogP contribution is 2.38. The van der Waals surface area contributed by atoms with Gasteiger partial charge in [0.25, 0.3) is 5.24 Å². The molecule has 8 heteroatoms. The van der Waals surface area contributed by atoms with Gasteiger partial charge in [0, 0.05) is 0 Å². The van der Waals surface area contributed by atoms with E-state index in [2.05, 4.69) is 12.2 Å². The Morgan fingerprint density at radius 3 is 2.64 bits per heavy atom. The van der Waals surface area contributed by atoms with Crippen LogP contribution in [-0.2, 0) is 17.6 Å². The van der Waals surface area contributed by atoms with Crippen LogP contribution in [0.2, 0.25) is 0 Å². The predicted molar refractivity (Wildman–Crippen MR) is 125 cm³/mol. The number of Topliss-reactive ketones (excluding diaryl/α,β-unsaturated/α-hetero) is 1. The molecule has 0 saturated carbocycles. The van der Waals surface area contributed by atoms with Crippen molar-refractivity contribution >= 4 is 28.7 Å². The minimum Gasteiger partial charge on any atom is -0.508 e. The van der Waals surface area contributed by atoms with Gasteiger partial charge >= 0.3 is 0 Å². The second kappa shape index (κ2) is 9.47. The van der Waals surface area contributed by atoms with Crippen LogP contribution in [0.1, 0.15) is 54.6 Å². The summed E-state index contributed by atoms with van der Waals surface area (Å²) in [7, 11) is 0. The molecule has 0 aromatic heterocycles. The summed E-state index contributed by atoms with van der Waals surface area (Å²) in [6.45, 7) is 4.10. The van der Waals surface area contributed by atoms with Crippen LogP contribution >= 0.6 is 11.8 Å². The van der Waals surface area contributed by atoms with Crippen molar-refractivity contribution in [2.45, 2.75) is 56.8 Å². The number of aromatic hydroxyl groups is 1. The molecule has 1 fully saturated rings. The van der Waals surface area contributed by atoms with Crippen LogP contribution in [0.5, 0.6) is 17.2 Å². The fourth-order valence-corrected chi connectivity index (χ4v) is 4.86. The molecule has 174 valence electrons. The molecule has 2 atom stereocenters. The highest BCUT2D eigenvalue weighted by atomic mass is 32.2. The lowest BCUT2D eigenvalue weighted by atomic mass is 9.90. The number of benzene rings is 2. The summed E-state index contributed by atoms with van der Waals surface area (Å²) in [5, 5.41) is 11.8. The van der Waals surface area contributed by atoms with E-state index in [1.165, 1.54) is 6.07 Å². The molecule has 7 nitrogen and oxygen atoms in total. The molecular weight excluding hydrogens is 442 g/mol. The molecule has 0 bridgehead atoms. The topological polar surface area (TPSA) is 102 Å². The second-order valence-electron chi connectivity index (χ2n) is 8.75. The molecule has 2 heterocycles. The third kappa shape index (κ3) is 5.33. The fraction of sp³-hybridized carbons (Fsp3) is 0.400. The zero-order valence-corrected chi connectivity index (χ0v) is 19.5. The van der Waals surface area contributed by atoms with Gasteiger partial charge in [-0.25, -0.2) is 0 Å². The first-order valence-electron chi connectivity index (χ1n) is 11.1. The normalized spacial score (nSPS) is 22.0. The summed E-state index contributed by atoms with van der Waals surface area (Å²) in [5.74, 6) is 0.895. The number of amides is 2. The number of hydrogen-bond acceptors (Lipinski definition) is 7. The zero-order chi connectivity index (χ0) is 23.6. The summed E-state index contributed by atoms with van der Waals surface area (Å²) < 4.78 is 12.1. The fourth-order valence-electron chi connectivity index (χ4n) is 4.00. The average molecular weight is 470 g/mol.